The van der Waals surface area contributed by atoms with E-state index in [-0.39, 0.29) is 24.1 Å². The first-order chi connectivity index (χ1) is 7.22. The molecule has 0 saturated heterocycles. The first kappa shape index (κ1) is 9.90. The van der Waals surface area contributed by atoms with Crippen LogP contribution in [0.2, 0.25) is 0 Å². The van der Waals surface area contributed by atoms with Crippen LogP contribution in [0.3, 0.4) is 0 Å². The molecule has 1 aromatic rings. The summed E-state index contributed by atoms with van der Waals surface area (Å²) in [5.74, 6) is -0.514. The molecule has 0 fully saturated rings. The molecule has 0 spiro atoms. The molecule has 1 aromatic carbocycles. The minimum absolute atomic E-state index is 0.113. The third-order valence-electron chi connectivity index (χ3n) is 2.78. The van der Waals surface area contributed by atoms with Crippen LogP contribution in [0.25, 0.3) is 0 Å². The average molecular weight is 204 g/mol. The van der Waals surface area contributed by atoms with Crippen LogP contribution in [-0.4, -0.2) is 18.9 Å². The highest BCUT2D eigenvalue weighted by atomic mass is 16.5. The van der Waals surface area contributed by atoms with Gasteiger partial charge in [0.25, 0.3) is 0 Å². The van der Waals surface area contributed by atoms with E-state index in [4.69, 9.17) is 0 Å². The van der Waals surface area contributed by atoms with Crippen LogP contribution in [0.5, 0.6) is 0 Å². The van der Waals surface area contributed by atoms with Gasteiger partial charge in [0.1, 0.15) is 5.78 Å². The molecular weight excluding hydrogens is 192 g/mol. The minimum atomic E-state index is -0.329. The van der Waals surface area contributed by atoms with E-state index in [1.165, 1.54) is 7.11 Å². The Bertz CT molecular complexity index is 409. The Morgan fingerprint density at radius 1 is 1.47 bits per heavy atom. The molecule has 3 heteroatoms. The predicted molar refractivity (Wildman–Crippen MR) is 54.5 cm³/mol. The van der Waals surface area contributed by atoms with Gasteiger partial charge in [0.2, 0.25) is 0 Å². The molecule has 0 saturated carbocycles. The number of rotatable bonds is 2. The number of fused-ring (bicyclic) bond motifs is 1. The third kappa shape index (κ3) is 1.77. The molecule has 0 heterocycles. The quantitative estimate of drug-likeness (QED) is 0.685. The Labute approximate surface area is 88.1 Å². The molecule has 0 aromatic heterocycles. The lowest BCUT2D eigenvalue weighted by atomic mass is 9.97. The van der Waals surface area contributed by atoms with Crippen LogP contribution < -0.4 is 0 Å². The van der Waals surface area contributed by atoms with Gasteiger partial charge in [-0.15, -0.1) is 0 Å². The second-order valence-electron chi connectivity index (χ2n) is 3.67. The van der Waals surface area contributed by atoms with Gasteiger partial charge in [0.15, 0.2) is 0 Å². The molecule has 1 aliphatic rings. The Balaban J connectivity index is 2.26. The molecule has 3 nitrogen and oxygen atoms in total. The lowest BCUT2D eigenvalue weighted by molar-refractivity contribution is -0.142. The van der Waals surface area contributed by atoms with Gasteiger partial charge in [-0.3, -0.25) is 9.59 Å². The summed E-state index contributed by atoms with van der Waals surface area (Å²) in [6.07, 6.45) is 0.601. The smallest absolute Gasteiger partial charge is 0.306 e. The molecule has 0 N–H and O–H groups in total. The number of carbonyl (C=O) groups is 2. The van der Waals surface area contributed by atoms with Gasteiger partial charge in [0.05, 0.1) is 19.4 Å². The molecule has 78 valence electrons. The highest BCUT2D eigenvalue weighted by Gasteiger charge is 2.31. The van der Waals surface area contributed by atoms with Crippen LogP contribution in [0.15, 0.2) is 24.3 Å². The van der Waals surface area contributed by atoms with Crippen molar-refractivity contribution in [2.45, 2.75) is 18.8 Å². The number of ether oxygens (including phenoxy) is 1. The number of carbonyl (C=O) groups excluding carboxylic acids is 2. The number of benzene rings is 1. The maximum atomic E-state index is 11.7. The molecule has 1 atom stereocenters. The van der Waals surface area contributed by atoms with E-state index < -0.39 is 0 Å². The van der Waals surface area contributed by atoms with Crippen molar-refractivity contribution < 1.29 is 14.3 Å². The normalized spacial score (nSPS) is 18.7. The zero-order valence-electron chi connectivity index (χ0n) is 8.53. The van der Waals surface area contributed by atoms with Gasteiger partial charge in [-0.25, -0.2) is 0 Å². The lowest BCUT2D eigenvalue weighted by Crippen LogP contribution is -2.13. The molecule has 0 aliphatic heterocycles. The summed E-state index contributed by atoms with van der Waals surface area (Å²) in [5, 5.41) is 0. The molecule has 2 rings (SSSR count). The van der Waals surface area contributed by atoms with Crippen molar-refractivity contribution in [1.82, 2.24) is 0 Å². The van der Waals surface area contributed by atoms with Crippen LogP contribution in [0.4, 0.5) is 0 Å². The van der Waals surface area contributed by atoms with E-state index in [2.05, 4.69) is 4.74 Å². The van der Waals surface area contributed by atoms with Crippen LogP contribution in [0, 0.1) is 0 Å². The second-order valence-corrected chi connectivity index (χ2v) is 3.67. The molecule has 1 aliphatic carbocycles. The van der Waals surface area contributed by atoms with Crippen LogP contribution in [-0.2, 0) is 20.7 Å². The number of ketones is 1. The van der Waals surface area contributed by atoms with Gasteiger partial charge in [0, 0.05) is 6.42 Å². The van der Waals surface area contributed by atoms with E-state index in [0.717, 1.165) is 11.1 Å². The molecule has 0 bridgehead atoms. The van der Waals surface area contributed by atoms with E-state index in [1.54, 1.807) is 0 Å². The Hall–Kier alpha value is -1.64. The standard InChI is InChI=1S/C12H12O3/c1-15-12(14)7-10-9-5-3-2-4-8(9)6-11(10)13/h2-5,10H,6-7H2,1H3. The van der Waals surface area contributed by atoms with Crippen molar-refractivity contribution in [3.05, 3.63) is 35.4 Å². The van der Waals surface area contributed by atoms with Gasteiger partial charge in [-0.2, -0.15) is 0 Å². The number of methoxy groups -OCH3 is 1. The number of hydrogen-bond acceptors (Lipinski definition) is 3. The SMILES string of the molecule is COC(=O)CC1C(=O)Cc2ccccc21. The molecule has 0 radical (unpaired) electrons. The maximum absolute atomic E-state index is 11.7. The highest BCUT2D eigenvalue weighted by Crippen LogP contribution is 2.32. The van der Waals surface area contributed by atoms with Crippen molar-refractivity contribution >= 4 is 11.8 Å². The van der Waals surface area contributed by atoms with Gasteiger partial charge < -0.3 is 4.74 Å². The fourth-order valence-electron chi connectivity index (χ4n) is 1.99. The van der Waals surface area contributed by atoms with Crippen molar-refractivity contribution in [3.63, 3.8) is 0 Å². The summed E-state index contributed by atoms with van der Waals surface area (Å²) in [6.45, 7) is 0. The molecular formula is C12H12O3. The molecule has 15 heavy (non-hydrogen) atoms. The lowest BCUT2D eigenvalue weighted by Gasteiger charge is -2.07. The topological polar surface area (TPSA) is 43.4 Å². The maximum Gasteiger partial charge on any atom is 0.306 e. The Morgan fingerprint density at radius 2 is 2.20 bits per heavy atom. The minimum Gasteiger partial charge on any atom is -0.469 e. The predicted octanol–water partition coefficient (Wildman–Crippen LogP) is 1.46. The van der Waals surface area contributed by atoms with Crippen LogP contribution >= 0.6 is 0 Å². The van der Waals surface area contributed by atoms with Crippen molar-refractivity contribution in [1.29, 1.82) is 0 Å². The molecule has 1 unspecified atom stereocenters. The van der Waals surface area contributed by atoms with Crippen molar-refractivity contribution in [2.75, 3.05) is 7.11 Å². The van der Waals surface area contributed by atoms with E-state index in [9.17, 15) is 9.59 Å². The summed E-state index contributed by atoms with van der Waals surface area (Å²) in [5.41, 5.74) is 2.02. The third-order valence-corrected chi connectivity index (χ3v) is 2.78. The summed E-state index contributed by atoms with van der Waals surface area (Å²) < 4.78 is 4.58. The number of hydrogen-bond donors (Lipinski definition) is 0. The summed E-state index contributed by atoms with van der Waals surface area (Å²) in [6, 6.07) is 7.65. The number of Topliss-reactive ketones (excluding diaryl/α,β-unsaturated/α-hetero) is 1. The summed E-state index contributed by atoms with van der Waals surface area (Å²) >= 11 is 0. The van der Waals surface area contributed by atoms with Gasteiger partial charge in [-0.05, 0) is 11.1 Å². The van der Waals surface area contributed by atoms with Gasteiger partial charge >= 0.3 is 5.97 Å². The second kappa shape index (κ2) is 3.85. The summed E-state index contributed by atoms with van der Waals surface area (Å²) in [4.78, 5) is 22.8. The van der Waals surface area contributed by atoms with E-state index >= 15 is 0 Å². The zero-order valence-corrected chi connectivity index (χ0v) is 8.53. The van der Waals surface area contributed by atoms with E-state index in [0.29, 0.717) is 6.42 Å². The van der Waals surface area contributed by atoms with Crippen molar-refractivity contribution in [3.8, 4) is 0 Å². The average Bonchev–Trinajstić information content (AvgIpc) is 2.55. The van der Waals surface area contributed by atoms with Crippen LogP contribution in [0.1, 0.15) is 23.5 Å². The van der Waals surface area contributed by atoms with Gasteiger partial charge in [-0.1, -0.05) is 24.3 Å². The largest absolute Gasteiger partial charge is 0.469 e. The summed E-state index contributed by atoms with van der Waals surface area (Å²) in [7, 11) is 1.34. The zero-order chi connectivity index (χ0) is 10.8. The molecule has 0 amide bonds. The first-order valence-corrected chi connectivity index (χ1v) is 4.89. The Kier molecular flexibility index (Phi) is 2.54. The Morgan fingerprint density at radius 3 is 2.93 bits per heavy atom. The number of esters is 1. The fourth-order valence-corrected chi connectivity index (χ4v) is 1.99. The first-order valence-electron chi connectivity index (χ1n) is 4.89. The van der Waals surface area contributed by atoms with Crippen molar-refractivity contribution in [2.24, 2.45) is 0 Å². The fraction of sp³-hybridized carbons (Fsp3) is 0.333. The monoisotopic (exact) mass is 204 g/mol. The highest BCUT2D eigenvalue weighted by molar-refractivity contribution is 5.95. The van der Waals surface area contributed by atoms with E-state index in [1.807, 2.05) is 24.3 Å².